The summed E-state index contributed by atoms with van der Waals surface area (Å²) in [7, 11) is 0. The molecule has 0 bridgehead atoms. The monoisotopic (exact) mass is 262 g/mol. The second-order valence-electron chi connectivity index (χ2n) is 4.47. The number of fused-ring (bicyclic) bond motifs is 1. The van der Waals surface area contributed by atoms with Crippen LogP contribution in [-0.4, -0.2) is 33.9 Å². The lowest BCUT2D eigenvalue weighted by Gasteiger charge is -2.04. The number of hydrogen-bond acceptors (Lipinski definition) is 3. The molecule has 5 nitrogen and oxygen atoms in total. The molecular weight excluding hydrogens is 244 g/mol. The zero-order valence-electron chi connectivity index (χ0n) is 10.7. The summed E-state index contributed by atoms with van der Waals surface area (Å²) >= 11 is 0. The van der Waals surface area contributed by atoms with Crippen molar-refractivity contribution in [1.82, 2.24) is 4.57 Å². The maximum absolute atomic E-state index is 11.3. The number of aromatic nitrogens is 1. The molecule has 0 amide bonds. The van der Waals surface area contributed by atoms with Crippen LogP contribution in [0.1, 0.15) is 22.3 Å². The van der Waals surface area contributed by atoms with Gasteiger partial charge in [0.25, 0.3) is 0 Å². The van der Waals surface area contributed by atoms with Gasteiger partial charge in [-0.25, -0.2) is 4.79 Å². The first-order valence-corrected chi connectivity index (χ1v) is 6.34. The first-order chi connectivity index (χ1) is 9.19. The minimum atomic E-state index is -0.927. The summed E-state index contributed by atoms with van der Waals surface area (Å²) in [6.45, 7) is 1.26. The van der Waals surface area contributed by atoms with Crippen LogP contribution in [0.25, 0.3) is 10.9 Å². The van der Waals surface area contributed by atoms with Crippen molar-refractivity contribution < 1.29 is 15.0 Å². The Hall–Kier alpha value is -1.85. The average molecular weight is 262 g/mol. The molecule has 102 valence electrons. The fourth-order valence-corrected chi connectivity index (χ4v) is 2.39. The topological polar surface area (TPSA) is 88.5 Å². The highest BCUT2D eigenvalue weighted by Crippen LogP contribution is 2.26. The number of benzene rings is 1. The van der Waals surface area contributed by atoms with Gasteiger partial charge in [0.15, 0.2) is 0 Å². The van der Waals surface area contributed by atoms with Crippen molar-refractivity contribution in [3.8, 4) is 0 Å². The van der Waals surface area contributed by atoms with Gasteiger partial charge in [0, 0.05) is 30.3 Å². The van der Waals surface area contributed by atoms with Crippen LogP contribution in [0.15, 0.2) is 24.4 Å². The van der Waals surface area contributed by atoms with Crippen LogP contribution >= 0.6 is 0 Å². The van der Waals surface area contributed by atoms with E-state index in [9.17, 15) is 9.90 Å². The van der Waals surface area contributed by atoms with Crippen molar-refractivity contribution >= 4 is 16.9 Å². The van der Waals surface area contributed by atoms with Crippen molar-refractivity contribution in [2.75, 3.05) is 13.2 Å². The molecule has 0 radical (unpaired) electrons. The van der Waals surface area contributed by atoms with E-state index in [4.69, 9.17) is 10.8 Å². The summed E-state index contributed by atoms with van der Waals surface area (Å²) in [5, 5.41) is 19.0. The van der Waals surface area contributed by atoms with E-state index in [1.54, 1.807) is 12.1 Å². The first-order valence-electron chi connectivity index (χ1n) is 6.34. The van der Waals surface area contributed by atoms with Crippen LogP contribution in [0, 0.1) is 0 Å². The SMILES string of the molecule is NCCc1cn(CCCO)c2cccc(C(=O)O)c12. The largest absolute Gasteiger partial charge is 0.478 e. The van der Waals surface area contributed by atoms with Gasteiger partial charge in [0.2, 0.25) is 0 Å². The summed E-state index contributed by atoms with van der Waals surface area (Å²) in [6.07, 6.45) is 3.23. The zero-order valence-corrected chi connectivity index (χ0v) is 10.7. The maximum atomic E-state index is 11.3. The van der Waals surface area contributed by atoms with Crippen molar-refractivity contribution in [3.63, 3.8) is 0 Å². The second-order valence-corrected chi connectivity index (χ2v) is 4.47. The minimum Gasteiger partial charge on any atom is -0.478 e. The summed E-state index contributed by atoms with van der Waals surface area (Å²) in [6, 6.07) is 5.26. The smallest absolute Gasteiger partial charge is 0.336 e. The van der Waals surface area contributed by atoms with Crippen molar-refractivity contribution in [1.29, 1.82) is 0 Å². The number of aliphatic hydroxyl groups excluding tert-OH is 1. The van der Waals surface area contributed by atoms with Gasteiger partial charge in [-0.05, 0) is 37.1 Å². The maximum Gasteiger partial charge on any atom is 0.336 e. The number of aliphatic hydroxyl groups is 1. The summed E-state index contributed by atoms with van der Waals surface area (Å²) < 4.78 is 1.99. The molecular formula is C14H18N2O3. The van der Waals surface area contributed by atoms with Gasteiger partial charge in [0.05, 0.1) is 5.56 Å². The Bertz CT molecular complexity index is 590. The fraction of sp³-hybridized carbons (Fsp3) is 0.357. The Morgan fingerprint density at radius 1 is 1.37 bits per heavy atom. The average Bonchev–Trinajstić information content (AvgIpc) is 2.75. The third-order valence-electron chi connectivity index (χ3n) is 3.19. The number of nitrogens with two attached hydrogens (primary N) is 1. The van der Waals surface area contributed by atoms with Crippen LogP contribution in [0.2, 0.25) is 0 Å². The molecule has 0 saturated carbocycles. The molecule has 0 unspecified atom stereocenters. The number of rotatable bonds is 6. The molecule has 1 heterocycles. The number of carboxylic acid groups (broad SMARTS) is 1. The third kappa shape index (κ3) is 2.62. The van der Waals surface area contributed by atoms with E-state index in [2.05, 4.69) is 0 Å². The van der Waals surface area contributed by atoms with Crippen molar-refractivity contribution in [2.45, 2.75) is 19.4 Å². The summed E-state index contributed by atoms with van der Waals surface area (Å²) in [5.74, 6) is -0.927. The molecule has 0 atom stereocenters. The van der Waals surface area contributed by atoms with Crippen LogP contribution in [-0.2, 0) is 13.0 Å². The normalized spacial score (nSPS) is 11.1. The molecule has 0 aliphatic heterocycles. The number of hydrogen-bond donors (Lipinski definition) is 3. The molecule has 2 aromatic rings. The Balaban J connectivity index is 2.60. The Labute approximate surface area is 111 Å². The zero-order chi connectivity index (χ0) is 13.8. The van der Waals surface area contributed by atoms with Crippen molar-refractivity contribution in [2.24, 2.45) is 5.73 Å². The quantitative estimate of drug-likeness (QED) is 0.730. The molecule has 0 fully saturated rings. The van der Waals surface area contributed by atoms with E-state index in [0.717, 1.165) is 16.5 Å². The Kier molecular flexibility index (Phi) is 4.19. The number of aryl methyl sites for hydroxylation is 1. The number of aromatic carboxylic acids is 1. The minimum absolute atomic E-state index is 0.116. The fourth-order valence-electron chi connectivity index (χ4n) is 2.39. The third-order valence-corrected chi connectivity index (χ3v) is 3.19. The molecule has 1 aromatic carbocycles. The molecule has 0 spiro atoms. The van der Waals surface area contributed by atoms with Gasteiger partial charge >= 0.3 is 5.97 Å². The second kappa shape index (κ2) is 5.86. The first kappa shape index (κ1) is 13.6. The molecule has 4 N–H and O–H groups in total. The predicted octanol–water partition coefficient (Wildman–Crippen LogP) is 1.22. The lowest BCUT2D eigenvalue weighted by Crippen LogP contribution is -2.04. The van der Waals surface area contributed by atoms with Crippen LogP contribution in [0.5, 0.6) is 0 Å². The molecule has 5 heteroatoms. The Morgan fingerprint density at radius 3 is 2.79 bits per heavy atom. The molecule has 19 heavy (non-hydrogen) atoms. The number of carbonyl (C=O) groups is 1. The molecule has 1 aromatic heterocycles. The highest BCUT2D eigenvalue weighted by molar-refractivity contribution is 6.04. The number of nitrogens with zero attached hydrogens (tertiary/aromatic N) is 1. The molecule has 0 aliphatic carbocycles. The van der Waals surface area contributed by atoms with Gasteiger partial charge in [-0.15, -0.1) is 0 Å². The highest BCUT2D eigenvalue weighted by Gasteiger charge is 2.15. The van der Waals surface area contributed by atoms with Crippen LogP contribution in [0.4, 0.5) is 0 Å². The lowest BCUT2D eigenvalue weighted by molar-refractivity contribution is 0.0699. The standard InChI is InChI=1S/C14H18N2O3/c15-6-5-10-9-16(7-2-8-17)12-4-1-3-11(13(10)12)14(18)19/h1,3-4,9,17H,2,5-8,15H2,(H,18,19). The van der Waals surface area contributed by atoms with Crippen LogP contribution < -0.4 is 5.73 Å². The Morgan fingerprint density at radius 2 is 2.16 bits per heavy atom. The van der Waals surface area contributed by atoms with E-state index >= 15 is 0 Å². The lowest BCUT2D eigenvalue weighted by atomic mass is 10.0. The molecule has 0 aliphatic rings. The van der Waals surface area contributed by atoms with E-state index in [0.29, 0.717) is 31.5 Å². The van der Waals surface area contributed by atoms with Gasteiger partial charge in [0.1, 0.15) is 0 Å². The van der Waals surface area contributed by atoms with Crippen molar-refractivity contribution in [3.05, 3.63) is 35.5 Å². The van der Waals surface area contributed by atoms with Crippen LogP contribution in [0.3, 0.4) is 0 Å². The predicted molar refractivity (Wildman–Crippen MR) is 73.4 cm³/mol. The van der Waals surface area contributed by atoms with E-state index in [1.165, 1.54) is 0 Å². The van der Waals surface area contributed by atoms with E-state index < -0.39 is 5.97 Å². The van der Waals surface area contributed by atoms with Gasteiger partial charge in [-0.1, -0.05) is 6.07 Å². The van der Waals surface area contributed by atoms with Gasteiger partial charge < -0.3 is 20.5 Å². The summed E-state index contributed by atoms with van der Waals surface area (Å²) in [4.78, 5) is 11.3. The molecule has 2 rings (SSSR count). The van der Waals surface area contributed by atoms with Gasteiger partial charge in [-0.3, -0.25) is 0 Å². The van der Waals surface area contributed by atoms with Gasteiger partial charge in [-0.2, -0.15) is 0 Å². The van der Waals surface area contributed by atoms with E-state index in [-0.39, 0.29) is 6.61 Å². The summed E-state index contributed by atoms with van der Waals surface area (Å²) in [5.41, 5.74) is 7.74. The highest BCUT2D eigenvalue weighted by atomic mass is 16.4. The molecule has 0 saturated heterocycles. The number of carboxylic acids is 1. The van der Waals surface area contributed by atoms with E-state index in [1.807, 2.05) is 16.8 Å².